The molecule has 0 spiro atoms. The Labute approximate surface area is 112 Å². The van der Waals surface area contributed by atoms with E-state index in [2.05, 4.69) is 5.32 Å². The highest BCUT2D eigenvalue weighted by Gasteiger charge is 2.31. The molecule has 1 aromatic rings. The van der Waals surface area contributed by atoms with Crippen LogP contribution in [0.1, 0.15) is 45.2 Å². The van der Waals surface area contributed by atoms with Gasteiger partial charge in [-0.25, -0.2) is 8.78 Å². The van der Waals surface area contributed by atoms with Gasteiger partial charge in [0.25, 0.3) is 0 Å². The standard InChI is InChI=1S/C14H20F2N2O/c1-4-14(17,5-2)13(19)18-9(3)11-7-6-10(15)8-12(11)16/h6-9H,4-5,17H2,1-3H3,(H,18,19). The van der Waals surface area contributed by atoms with E-state index in [1.807, 2.05) is 13.8 Å². The van der Waals surface area contributed by atoms with Gasteiger partial charge in [-0.05, 0) is 25.8 Å². The molecule has 5 heteroatoms. The molecule has 106 valence electrons. The van der Waals surface area contributed by atoms with E-state index in [1.165, 1.54) is 6.07 Å². The Morgan fingerprint density at radius 1 is 1.37 bits per heavy atom. The molecule has 0 radical (unpaired) electrons. The van der Waals surface area contributed by atoms with Crippen LogP contribution in [0.2, 0.25) is 0 Å². The molecular formula is C14H20F2N2O. The predicted octanol–water partition coefficient (Wildman–Crippen LogP) is 2.66. The summed E-state index contributed by atoms with van der Waals surface area (Å²) in [4.78, 5) is 12.1. The van der Waals surface area contributed by atoms with Gasteiger partial charge in [0.1, 0.15) is 11.6 Å². The Morgan fingerprint density at radius 3 is 2.42 bits per heavy atom. The van der Waals surface area contributed by atoms with Crippen molar-refractivity contribution >= 4 is 5.91 Å². The van der Waals surface area contributed by atoms with Gasteiger partial charge in [0.2, 0.25) is 5.91 Å². The Hall–Kier alpha value is -1.49. The lowest BCUT2D eigenvalue weighted by Gasteiger charge is -2.27. The first-order valence-corrected chi connectivity index (χ1v) is 6.38. The molecule has 0 saturated carbocycles. The molecule has 1 rings (SSSR count). The molecule has 0 aliphatic rings. The third-order valence-corrected chi connectivity index (χ3v) is 3.49. The number of carbonyl (C=O) groups is 1. The second-order valence-corrected chi connectivity index (χ2v) is 4.72. The first-order valence-electron chi connectivity index (χ1n) is 6.38. The number of hydrogen-bond acceptors (Lipinski definition) is 2. The molecule has 0 aliphatic carbocycles. The minimum atomic E-state index is -0.954. The van der Waals surface area contributed by atoms with Crippen molar-refractivity contribution in [2.24, 2.45) is 5.73 Å². The fourth-order valence-corrected chi connectivity index (χ4v) is 1.84. The summed E-state index contributed by atoms with van der Waals surface area (Å²) in [7, 11) is 0. The van der Waals surface area contributed by atoms with Gasteiger partial charge in [-0.3, -0.25) is 4.79 Å². The molecule has 1 aromatic carbocycles. The third-order valence-electron chi connectivity index (χ3n) is 3.49. The molecule has 3 nitrogen and oxygen atoms in total. The molecule has 0 aromatic heterocycles. The summed E-state index contributed by atoms with van der Waals surface area (Å²) in [5, 5.41) is 2.67. The van der Waals surface area contributed by atoms with Crippen LogP contribution < -0.4 is 11.1 Å². The predicted molar refractivity (Wildman–Crippen MR) is 70.4 cm³/mol. The maximum atomic E-state index is 13.6. The number of nitrogens with one attached hydrogen (secondary N) is 1. The van der Waals surface area contributed by atoms with Gasteiger partial charge in [-0.1, -0.05) is 19.9 Å². The van der Waals surface area contributed by atoms with Crippen LogP contribution in [0.4, 0.5) is 8.78 Å². The van der Waals surface area contributed by atoms with Gasteiger partial charge in [-0.2, -0.15) is 0 Å². The van der Waals surface area contributed by atoms with Crippen LogP contribution in [0.15, 0.2) is 18.2 Å². The summed E-state index contributed by atoms with van der Waals surface area (Å²) < 4.78 is 26.4. The molecule has 3 N–H and O–H groups in total. The lowest BCUT2D eigenvalue weighted by atomic mass is 9.92. The van der Waals surface area contributed by atoms with Crippen LogP contribution >= 0.6 is 0 Å². The average molecular weight is 270 g/mol. The molecule has 0 heterocycles. The van der Waals surface area contributed by atoms with Crippen LogP contribution in [0.25, 0.3) is 0 Å². The normalized spacial score (nSPS) is 13.2. The second-order valence-electron chi connectivity index (χ2n) is 4.72. The molecular weight excluding hydrogens is 250 g/mol. The van der Waals surface area contributed by atoms with Crippen LogP contribution in [0.5, 0.6) is 0 Å². The number of halogens is 2. The van der Waals surface area contributed by atoms with E-state index in [0.29, 0.717) is 12.8 Å². The molecule has 0 bridgehead atoms. The highest BCUT2D eigenvalue weighted by atomic mass is 19.1. The van der Waals surface area contributed by atoms with Crippen LogP contribution in [-0.4, -0.2) is 11.4 Å². The molecule has 1 unspecified atom stereocenters. The summed E-state index contributed by atoms with van der Waals surface area (Å²) in [6.07, 6.45) is 0.988. The summed E-state index contributed by atoms with van der Waals surface area (Å²) in [5.41, 5.74) is 5.25. The summed E-state index contributed by atoms with van der Waals surface area (Å²) in [6.45, 7) is 5.29. The van der Waals surface area contributed by atoms with Crippen molar-refractivity contribution < 1.29 is 13.6 Å². The monoisotopic (exact) mass is 270 g/mol. The minimum Gasteiger partial charge on any atom is -0.348 e. The first-order chi connectivity index (χ1) is 8.84. The number of amides is 1. The smallest absolute Gasteiger partial charge is 0.240 e. The fourth-order valence-electron chi connectivity index (χ4n) is 1.84. The van der Waals surface area contributed by atoms with Crippen LogP contribution in [0, 0.1) is 11.6 Å². The van der Waals surface area contributed by atoms with E-state index >= 15 is 0 Å². The van der Waals surface area contributed by atoms with E-state index in [0.717, 1.165) is 12.1 Å². The summed E-state index contributed by atoms with van der Waals surface area (Å²) >= 11 is 0. The topological polar surface area (TPSA) is 55.1 Å². The Bertz CT molecular complexity index is 459. The van der Waals surface area contributed by atoms with Crippen molar-refractivity contribution in [2.45, 2.75) is 45.2 Å². The SMILES string of the molecule is CCC(N)(CC)C(=O)NC(C)c1ccc(F)cc1F. The highest BCUT2D eigenvalue weighted by molar-refractivity contribution is 5.86. The summed E-state index contributed by atoms with van der Waals surface area (Å²) in [5.74, 6) is -1.65. The molecule has 1 amide bonds. The number of carbonyl (C=O) groups excluding carboxylic acids is 1. The molecule has 0 aliphatic heterocycles. The van der Waals surface area contributed by atoms with Crippen molar-refractivity contribution in [1.82, 2.24) is 5.32 Å². The Balaban J connectivity index is 2.85. The van der Waals surface area contributed by atoms with Crippen molar-refractivity contribution in [3.05, 3.63) is 35.4 Å². The highest BCUT2D eigenvalue weighted by Crippen LogP contribution is 2.19. The first kappa shape index (κ1) is 15.6. The maximum Gasteiger partial charge on any atom is 0.240 e. The van der Waals surface area contributed by atoms with Gasteiger partial charge in [0, 0.05) is 11.6 Å². The molecule has 0 fully saturated rings. The largest absolute Gasteiger partial charge is 0.348 e. The number of rotatable bonds is 5. The zero-order valence-electron chi connectivity index (χ0n) is 11.5. The minimum absolute atomic E-state index is 0.240. The van der Waals surface area contributed by atoms with Gasteiger partial charge >= 0.3 is 0 Å². The zero-order chi connectivity index (χ0) is 14.6. The molecule has 19 heavy (non-hydrogen) atoms. The molecule has 0 saturated heterocycles. The second kappa shape index (κ2) is 6.10. The van der Waals surface area contributed by atoms with Crippen molar-refractivity contribution in [1.29, 1.82) is 0 Å². The van der Waals surface area contributed by atoms with Crippen molar-refractivity contribution in [2.75, 3.05) is 0 Å². The number of nitrogens with two attached hydrogens (primary N) is 1. The quantitative estimate of drug-likeness (QED) is 0.864. The fraction of sp³-hybridized carbons (Fsp3) is 0.500. The van der Waals surface area contributed by atoms with Crippen molar-refractivity contribution in [3.63, 3.8) is 0 Å². The van der Waals surface area contributed by atoms with E-state index in [9.17, 15) is 13.6 Å². The van der Waals surface area contributed by atoms with Gasteiger partial charge < -0.3 is 11.1 Å². The summed E-state index contributed by atoms with van der Waals surface area (Å²) in [6, 6.07) is 2.73. The molecule has 1 atom stereocenters. The number of benzene rings is 1. The van der Waals surface area contributed by atoms with Crippen LogP contribution in [-0.2, 0) is 4.79 Å². The van der Waals surface area contributed by atoms with Gasteiger partial charge in [-0.15, -0.1) is 0 Å². The van der Waals surface area contributed by atoms with Crippen molar-refractivity contribution in [3.8, 4) is 0 Å². The zero-order valence-corrected chi connectivity index (χ0v) is 11.5. The van der Waals surface area contributed by atoms with E-state index in [1.54, 1.807) is 6.92 Å². The van der Waals surface area contributed by atoms with Crippen LogP contribution in [0.3, 0.4) is 0 Å². The Morgan fingerprint density at radius 2 is 1.95 bits per heavy atom. The number of hydrogen-bond donors (Lipinski definition) is 2. The van der Waals surface area contributed by atoms with E-state index < -0.39 is 23.2 Å². The van der Waals surface area contributed by atoms with Gasteiger partial charge in [0.05, 0.1) is 11.6 Å². The lowest BCUT2D eigenvalue weighted by molar-refractivity contribution is -0.127. The van der Waals surface area contributed by atoms with E-state index in [-0.39, 0.29) is 11.5 Å². The van der Waals surface area contributed by atoms with E-state index in [4.69, 9.17) is 5.73 Å². The average Bonchev–Trinajstić information content (AvgIpc) is 2.37. The van der Waals surface area contributed by atoms with Gasteiger partial charge in [0.15, 0.2) is 0 Å². The lowest BCUT2D eigenvalue weighted by Crippen LogP contribution is -2.53. The Kier molecular flexibility index (Phi) is 5.00. The third kappa shape index (κ3) is 3.50. The maximum absolute atomic E-state index is 13.6.